The lowest BCUT2D eigenvalue weighted by Crippen LogP contribution is -2.26. The summed E-state index contributed by atoms with van der Waals surface area (Å²) < 4.78 is 0. The molecule has 0 fully saturated rings. The second kappa shape index (κ2) is 12.0. The van der Waals surface area contributed by atoms with Crippen molar-refractivity contribution in [1.82, 2.24) is 0 Å². The number of anilines is 3. The van der Waals surface area contributed by atoms with E-state index in [-0.39, 0.29) is 5.41 Å². The minimum atomic E-state index is -0.499. The predicted molar refractivity (Wildman–Crippen MR) is 228 cm³/mol. The Balaban J connectivity index is 1.26. The van der Waals surface area contributed by atoms with E-state index in [0.29, 0.717) is 0 Å². The minimum absolute atomic E-state index is 0.129. The van der Waals surface area contributed by atoms with Crippen LogP contribution in [0.25, 0.3) is 39.0 Å². The van der Waals surface area contributed by atoms with E-state index in [4.69, 9.17) is 6.58 Å². The SMILES string of the molecule is C=C1/C(=C\C=C/C)C2(c3cc(N(c4ccc5c(c4)C(C)(C)c4ccccc4-5)c4ccccc4-c4ccccc4)ccc31)c1ccccc1-c1ccccc12. The second-order valence-corrected chi connectivity index (χ2v) is 15.3. The summed E-state index contributed by atoms with van der Waals surface area (Å²) in [6.45, 7) is 11.6. The standard InChI is InChI=1S/C53H41N/c1-5-6-24-45-35(2)39-31-29-38(34-50(39)53(45)47-26-15-11-22-42(47)43-23-12-16-27-48(43)53)54(51-28-17-13-20-40(51)36-18-8-7-9-19-36)37-30-32-44-41-21-10-14-25-46(41)52(3,4)49(44)33-37/h5-34H,2H2,1,3-4H3/b6-5-,45-24+. The molecule has 0 N–H and O–H groups in total. The lowest BCUT2D eigenvalue weighted by Gasteiger charge is -2.33. The van der Waals surface area contributed by atoms with Crippen LogP contribution in [0.3, 0.4) is 0 Å². The van der Waals surface area contributed by atoms with Gasteiger partial charge in [0, 0.05) is 22.4 Å². The summed E-state index contributed by atoms with van der Waals surface area (Å²) in [7, 11) is 0. The van der Waals surface area contributed by atoms with Crippen molar-refractivity contribution < 1.29 is 0 Å². The number of allylic oxidation sites excluding steroid dienone is 5. The number of fused-ring (bicyclic) bond motifs is 10. The number of nitrogens with zero attached hydrogens (tertiary/aromatic N) is 1. The Morgan fingerprint density at radius 1 is 0.481 bits per heavy atom. The molecule has 7 aromatic carbocycles. The van der Waals surface area contributed by atoms with Crippen molar-refractivity contribution in [3.63, 3.8) is 0 Å². The number of rotatable bonds is 5. The van der Waals surface area contributed by atoms with Gasteiger partial charge in [-0.25, -0.2) is 0 Å². The van der Waals surface area contributed by atoms with Crippen LogP contribution in [0.1, 0.15) is 54.2 Å². The first-order chi connectivity index (χ1) is 26.4. The van der Waals surface area contributed by atoms with Gasteiger partial charge in [0.15, 0.2) is 0 Å². The van der Waals surface area contributed by atoms with Crippen molar-refractivity contribution in [2.24, 2.45) is 0 Å². The van der Waals surface area contributed by atoms with E-state index in [0.717, 1.165) is 22.6 Å². The van der Waals surface area contributed by atoms with Gasteiger partial charge < -0.3 is 4.90 Å². The summed E-state index contributed by atoms with van der Waals surface area (Å²) in [6, 6.07) is 60.6. The molecule has 0 aliphatic heterocycles. The molecule has 10 rings (SSSR count). The number of hydrogen-bond acceptors (Lipinski definition) is 1. The second-order valence-electron chi connectivity index (χ2n) is 15.3. The van der Waals surface area contributed by atoms with E-state index in [9.17, 15) is 0 Å². The van der Waals surface area contributed by atoms with Crippen LogP contribution in [0, 0.1) is 0 Å². The van der Waals surface area contributed by atoms with Gasteiger partial charge in [-0.2, -0.15) is 0 Å². The molecule has 1 heteroatoms. The first-order valence-corrected chi connectivity index (χ1v) is 19.0. The maximum absolute atomic E-state index is 4.80. The van der Waals surface area contributed by atoms with Crippen molar-refractivity contribution in [3.05, 3.63) is 228 Å². The van der Waals surface area contributed by atoms with Gasteiger partial charge in [-0.1, -0.05) is 172 Å². The maximum atomic E-state index is 4.80. The van der Waals surface area contributed by atoms with E-state index >= 15 is 0 Å². The fourth-order valence-electron chi connectivity index (χ4n) is 9.78. The molecule has 3 aliphatic rings. The van der Waals surface area contributed by atoms with Gasteiger partial charge in [-0.15, -0.1) is 0 Å². The number of benzene rings is 7. The molecule has 3 aliphatic carbocycles. The van der Waals surface area contributed by atoms with Gasteiger partial charge in [-0.05, 0) is 110 Å². The summed E-state index contributed by atoms with van der Waals surface area (Å²) in [6.07, 6.45) is 6.58. The average Bonchev–Trinajstić information content (AvgIpc) is 3.75. The monoisotopic (exact) mass is 691 g/mol. The molecule has 258 valence electrons. The molecule has 0 amide bonds. The summed E-state index contributed by atoms with van der Waals surface area (Å²) >= 11 is 0. The molecule has 0 aromatic heterocycles. The lowest BCUT2D eigenvalue weighted by molar-refractivity contribution is 0.660. The highest BCUT2D eigenvalue weighted by Crippen LogP contribution is 2.64. The van der Waals surface area contributed by atoms with Crippen LogP contribution in [0.4, 0.5) is 17.1 Å². The van der Waals surface area contributed by atoms with E-state index in [1.54, 1.807) is 0 Å². The quantitative estimate of drug-likeness (QED) is 0.174. The highest BCUT2D eigenvalue weighted by Gasteiger charge is 2.53. The number of para-hydroxylation sites is 1. The zero-order valence-electron chi connectivity index (χ0n) is 31.0. The van der Waals surface area contributed by atoms with Gasteiger partial charge in [0.1, 0.15) is 0 Å². The van der Waals surface area contributed by atoms with Crippen molar-refractivity contribution in [1.29, 1.82) is 0 Å². The molecule has 7 aromatic rings. The van der Waals surface area contributed by atoms with Crippen LogP contribution in [0.15, 0.2) is 194 Å². The Morgan fingerprint density at radius 3 is 1.63 bits per heavy atom. The molecule has 0 heterocycles. The maximum Gasteiger partial charge on any atom is 0.0726 e. The zero-order valence-corrected chi connectivity index (χ0v) is 31.0. The smallest absolute Gasteiger partial charge is 0.0726 e. The lowest BCUT2D eigenvalue weighted by atomic mass is 9.70. The van der Waals surface area contributed by atoms with Crippen LogP contribution in [-0.2, 0) is 10.8 Å². The fraction of sp³-hybridized carbons (Fsp3) is 0.0943. The number of hydrogen-bond donors (Lipinski definition) is 0. The van der Waals surface area contributed by atoms with Crippen LogP contribution < -0.4 is 4.90 Å². The van der Waals surface area contributed by atoms with Crippen LogP contribution in [-0.4, -0.2) is 0 Å². The van der Waals surface area contributed by atoms with Crippen molar-refractivity contribution in [3.8, 4) is 33.4 Å². The highest BCUT2D eigenvalue weighted by molar-refractivity contribution is 6.01. The van der Waals surface area contributed by atoms with Gasteiger partial charge >= 0.3 is 0 Å². The van der Waals surface area contributed by atoms with E-state index in [1.807, 2.05) is 0 Å². The summed E-state index contributed by atoms with van der Waals surface area (Å²) in [5, 5.41) is 0. The normalized spacial score (nSPS) is 16.0. The van der Waals surface area contributed by atoms with Crippen molar-refractivity contribution in [2.45, 2.75) is 31.6 Å². The van der Waals surface area contributed by atoms with E-state index in [1.165, 1.54) is 72.3 Å². The Bertz CT molecular complexity index is 2680. The molecular weight excluding hydrogens is 651 g/mol. The fourth-order valence-corrected chi connectivity index (χ4v) is 9.78. The van der Waals surface area contributed by atoms with Crippen molar-refractivity contribution >= 4 is 22.6 Å². The first kappa shape index (κ1) is 32.2. The Labute approximate surface area is 318 Å². The van der Waals surface area contributed by atoms with Crippen molar-refractivity contribution in [2.75, 3.05) is 4.90 Å². The van der Waals surface area contributed by atoms with E-state index in [2.05, 4.69) is 208 Å². The van der Waals surface area contributed by atoms with Crippen LogP contribution >= 0.6 is 0 Å². The topological polar surface area (TPSA) is 3.24 Å². The Kier molecular flexibility index (Phi) is 7.19. The van der Waals surface area contributed by atoms with Gasteiger partial charge in [0.25, 0.3) is 0 Å². The third-order valence-electron chi connectivity index (χ3n) is 12.2. The molecule has 1 spiro atoms. The van der Waals surface area contributed by atoms with E-state index < -0.39 is 5.41 Å². The summed E-state index contributed by atoms with van der Waals surface area (Å²) in [4.78, 5) is 2.48. The molecule has 1 nitrogen and oxygen atoms in total. The van der Waals surface area contributed by atoms with Crippen LogP contribution in [0.5, 0.6) is 0 Å². The Morgan fingerprint density at radius 2 is 0.981 bits per heavy atom. The molecule has 0 radical (unpaired) electrons. The summed E-state index contributed by atoms with van der Waals surface area (Å²) in [5.41, 5.74) is 20.5. The largest absolute Gasteiger partial charge is 0.310 e. The third-order valence-corrected chi connectivity index (χ3v) is 12.2. The third kappa shape index (κ3) is 4.39. The predicted octanol–water partition coefficient (Wildman–Crippen LogP) is 14.0. The van der Waals surface area contributed by atoms with Gasteiger partial charge in [-0.3, -0.25) is 0 Å². The molecule has 0 unspecified atom stereocenters. The van der Waals surface area contributed by atoms with Gasteiger partial charge in [0.2, 0.25) is 0 Å². The van der Waals surface area contributed by atoms with Gasteiger partial charge in [0.05, 0.1) is 11.1 Å². The zero-order chi connectivity index (χ0) is 36.6. The molecular formula is C53H41N. The molecule has 0 saturated heterocycles. The Hall–Kier alpha value is -6.44. The molecule has 0 saturated carbocycles. The first-order valence-electron chi connectivity index (χ1n) is 19.0. The molecule has 54 heavy (non-hydrogen) atoms. The molecule has 0 atom stereocenters. The average molecular weight is 692 g/mol. The van der Waals surface area contributed by atoms with Crippen LogP contribution in [0.2, 0.25) is 0 Å². The minimum Gasteiger partial charge on any atom is -0.310 e. The summed E-state index contributed by atoms with van der Waals surface area (Å²) in [5.74, 6) is 0. The molecule has 0 bridgehead atoms. The highest BCUT2D eigenvalue weighted by atomic mass is 15.1.